The molecule has 1 saturated heterocycles. The second-order valence-electron chi connectivity index (χ2n) is 6.38. The van der Waals surface area contributed by atoms with Crippen molar-refractivity contribution in [2.75, 3.05) is 16.8 Å². The van der Waals surface area contributed by atoms with Crippen LogP contribution < -0.4 is 10.2 Å². The molecule has 0 spiro atoms. The maximum absolute atomic E-state index is 12.8. The summed E-state index contributed by atoms with van der Waals surface area (Å²) in [5.41, 5.74) is 1.86. The van der Waals surface area contributed by atoms with Crippen LogP contribution in [0, 0.1) is 6.92 Å². The van der Waals surface area contributed by atoms with Gasteiger partial charge in [-0.25, -0.2) is 4.79 Å². The Hall–Kier alpha value is -2.28. The highest BCUT2D eigenvalue weighted by Crippen LogP contribution is 2.32. The first kappa shape index (κ1) is 20.5. The Balaban J connectivity index is 1.76. The molecule has 1 unspecified atom stereocenters. The third kappa shape index (κ3) is 3.94. The third-order valence-electron chi connectivity index (χ3n) is 4.35. The van der Waals surface area contributed by atoms with Crippen LogP contribution in [0.15, 0.2) is 36.4 Å². The highest BCUT2D eigenvalue weighted by atomic mass is 35.5. The zero-order valence-electron chi connectivity index (χ0n) is 15.0. The van der Waals surface area contributed by atoms with Gasteiger partial charge in [-0.2, -0.15) is 0 Å². The lowest BCUT2D eigenvalue weighted by molar-refractivity contribution is -0.130. The van der Waals surface area contributed by atoms with E-state index in [-0.39, 0.29) is 20.8 Å². The molecule has 1 fully saturated rings. The summed E-state index contributed by atoms with van der Waals surface area (Å²) in [6.07, 6.45) is 0. The van der Waals surface area contributed by atoms with Gasteiger partial charge in [0.1, 0.15) is 12.6 Å². The Morgan fingerprint density at radius 1 is 1.04 bits per heavy atom. The fraction of sp³-hybridized carbons (Fsp3) is 0.211. The van der Waals surface area contributed by atoms with Gasteiger partial charge in [-0.15, -0.1) is 0 Å². The molecule has 28 heavy (non-hydrogen) atoms. The molecule has 0 bridgehead atoms. The predicted octanol–water partition coefficient (Wildman–Crippen LogP) is 4.75. The zero-order chi connectivity index (χ0) is 20.6. The molecule has 1 aliphatic rings. The minimum absolute atomic E-state index is 0.191. The van der Waals surface area contributed by atoms with Crippen molar-refractivity contribution in [1.82, 2.24) is 4.90 Å². The van der Waals surface area contributed by atoms with Gasteiger partial charge in [0.15, 0.2) is 0 Å². The van der Waals surface area contributed by atoms with Gasteiger partial charge in [0.25, 0.3) is 5.91 Å². The van der Waals surface area contributed by atoms with Gasteiger partial charge < -0.3 is 5.32 Å². The minimum Gasteiger partial charge on any atom is -0.323 e. The van der Waals surface area contributed by atoms with E-state index in [0.29, 0.717) is 5.69 Å². The Kier molecular flexibility index (Phi) is 5.84. The molecule has 9 heteroatoms. The summed E-state index contributed by atoms with van der Waals surface area (Å²) in [6.45, 7) is 3.10. The third-order valence-corrected chi connectivity index (χ3v) is 5.38. The number of amides is 4. The number of halogens is 3. The van der Waals surface area contributed by atoms with Crippen LogP contribution in [-0.4, -0.2) is 35.3 Å². The highest BCUT2D eigenvalue weighted by molar-refractivity contribution is 6.44. The number of carbonyl (C=O) groups is 3. The molecular formula is C19H16Cl3N3O3. The van der Waals surface area contributed by atoms with Gasteiger partial charge in [-0.1, -0.05) is 52.5 Å². The Morgan fingerprint density at radius 2 is 1.64 bits per heavy atom. The number of nitrogens with one attached hydrogen (secondary N) is 1. The number of aryl methyl sites for hydroxylation is 1. The average molecular weight is 441 g/mol. The number of anilines is 2. The number of carbonyl (C=O) groups excluding carboxylic acids is 3. The second-order valence-corrected chi connectivity index (χ2v) is 7.60. The van der Waals surface area contributed by atoms with Crippen molar-refractivity contribution in [2.24, 2.45) is 0 Å². The van der Waals surface area contributed by atoms with Crippen molar-refractivity contribution in [3.8, 4) is 0 Å². The molecule has 1 aliphatic heterocycles. The first-order valence-corrected chi connectivity index (χ1v) is 9.48. The molecule has 146 valence electrons. The van der Waals surface area contributed by atoms with Crippen molar-refractivity contribution in [2.45, 2.75) is 19.9 Å². The van der Waals surface area contributed by atoms with Crippen LogP contribution in [-0.2, 0) is 9.59 Å². The number of benzene rings is 2. The summed E-state index contributed by atoms with van der Waals surface area (Å²) in [7, 11) is 0. The highest BCUT2D eigenvalue weighted by Gasteiger charge is 2.44. The summed E-state index contributed by atoms with van der Waals surface area (Å²) >= 11 is 17.8. The van der Waals surface area contributed by atoms with Gasteiger partial charge in [0.05, 0.1) is 20.8 Å². The van der Waals surface area contributed by atoms with Crippen molar-refractivity contribution in [3.63, 3.8) is 0 Å². The maximum Gasteiger partial charge on any atom is 0.332 e. The first-order chi connectivity index (χ1) is 13.2. The van der Waals surface area contributed by atoms with Gasteiger partial charge >= 0.3 is 6.03 Å². The Labute approximate surface area is 177 Å². The van der Waals surface area contributed by atoms with Crippen LogP contribution in [0.3, 0.4) is 0 Å². The van der Waals surface area contributed by atoms with Crippen LogP contribution in [0.4, 0.5) is 16.2 Å². The number of hydrogen-bond acceptors (Lipinski definition) is 3. The van der Waals surface area contributed by atoms with Crippen LogP contribution >= 0.6 is 34.8 Å². The lowest BCUT2D eigenvalue weighted by atomic mass is 10.2. The zero-order valence-corrected chi connectivity index (χ0v) is 17.3. The summed E-state index contributed by atoms with van der Waals surface area (Å²) in [4.78, 5) is 40.0. The largest absolute Gasteiger partial charge is 0.332 e. The number of imide groups is 1. The molecular weight excluding hydrogens is 425 g/mol. The average Bonchev–Trinajstić information content (AvgIpc) is 2.84. The summed E-state index contributed by atoms with van der Waals surface area (Å²) in [5, 5.41) is 3.20. The summed E-state index contributed by atoms with van der Waals surface area (Å²) < 4.78 is 0. The minimum atomic E-state index is -0.712. The van der Waals surface area contributed by atoms with Crippen molar-refractivity contribution >= 4 is 64.0 Å². The number of rotatable bonds is 4. The smallest absolute Gasteiger partial charge is 0.323 e. The topological polar surface area (TPSA) is 69.7 Å². The van der Waals surface area contributed by atoms with E-state index in [1.807, 2.05) is 19.1 Å². The number of urea groups is 1. The van der Waals surface area contributed by atoms with Crippen LogP contribution in [0.1, 0.15) is 12.5 Å². The van der Waals surface area contributed by atoms with Crippen LogP contribution in [0.2, 0.25) is 15.1 Å². The molecule has 0 radical (unpaired) electrons. The molecule has 1 atom stereocenters. The standard InChI is InChI=1S/C19H16Cl3N3O3/c1-10-3-5-12(6-4-10)25-11(2)18(27)24(19(25)28)9-17(26)23-16-8-14(21)13(20)7-15(16)22/h3-8,11H,9H2,1-2H3,(H,23,26). The molecule has 2 aromatic carbocycles. The van der Waals surface area contributed by atoms with E-state index in [2.05, 4.69) is 5.32 Å². The molecule has 0 aromatic heterocycles. The van der Waals surface area contributed by atoms with Crippen LogP contribution in [0.25, 0.3) is 0 Å². The molecule has 3 rings (SSSR count). The van der Waals surface area contributed by atoms with Crippen molar-refractivity contribution in [3.05, 3.63) is 57.0 Å². The fourth-order valence-electron chi connectivity index (χ4n) is 2.86. The van der Waals surface area contributed by atoms with Crippen molar-refractivity contribution in [1.29, 1.82) is 0 Å². The van der Waals surface area contributed by atoms with E-state index in [1.165, 1.54) is 17.0 Å². The van der Waals surface area contributed by atoms with E-state index in [9.17, 15) is 14.4 Å². The van der Waals surface area contributed by atoms with E-state index in [4.69, 9.17) is 34.8 Å². The molecule has 0 aliphatic carbocycles. The molecule has 2 aromatic rings. The maximum atomic E-state index is 12.8. The van der Waals surface area contributed by atoms with E-state index >= 15 is 0 Å². The predicted molar refractivity (Wildman–Crippen MR) is 110 cm³/mol. The number of nitrogens with zero attached hydrogens (tertiary/aromatic N) is 2. The van der Waals surface area contributed by atoms with E-state index < -0.39 is 30.4 Å². The number of hydrogen-bond donors (Lipinski definition) is 1. The Morgan fingerprint density at radius 3 is 2.29 bits per heavy atom. The first-order valence-electron chi connectivity index (χ1n) is 8.34. The second kappa shape index (κ2) is 7.99. The quantitative estimate of drug-likeness (QED) is 0.551. The normalized spacial score (nSPS) is 16.7. The van der Waals surface area contributed by atoms with Crippen LogP contribution in [0.5, 0.6) is 0 Å². The fourth-order valence-corrected chi connectivity index (χ4v) is 3.46. The molecule has 0 saturated carbocycles. The molecule has 6 nitrogen and oxygen atoms in total. The lowest BCUT2D eigenvalue weighted by Gasteiger charge is -2.19. The lowest BCUT2D eigenvalue weighted by Crippen LogP contribution is -2.39. The molecule has 1 heterocycles. The molecule has 4 amide bonds. The monoisotopic (exact) mass is 439 g/mol. The van der Waals surface area contributed by atoms with Gasteiger partial charge in [0, 0.05) is 5.69 Å². The Bertz CT molecular complexity index is 963. The van der Waals surface area contributed by atoms with Gasteiger partial charge in [-0.3, -0.25) is 19.4 Å². The van der Waals surface area contributed by atoms with E-state index in [0.717, 1.165) is 10.5 Å². The SMILES string of the molecule is Cc1ccc(N2C(=O)N(CC(=O)Nc3cc(Cl)c(Cl)cc3Cl)C(=O)C2C)cc1. The van der Waals surface area contributed by atoms with E-state index in [1.54, 1.807) is 19.1 Å². The van der Waals surface area contributed by atoms with Gasteiger partial charge in [-0.05, 0) is 38.1 Å². The molecule has 1 N–H and O–H groups in total. The van der Waals surface area contributed by atoms with Crippen molar-refractivity contribution < 1.29 is 14.4 Å². The summed E-state index contributed by atoms with van der Waals surface area (Å²) in [5.74, 6) is -1.04. The van der Waals surface area contributed by atoms with Gasteiger partial charge in [0.2, 0.25) is 5.91 Å². The summed E-state index contributed by atoms with van der Waals surface area (Å²) in [6, 6.07) is 8.75.